The highest BCUT2D eigenvalue weighted by Gasteiger charge is 2.41. The number of amides is 1. The topological polar surface area (TPSA) is 53.0 Å². The molecule has 7 heteroatoms. The van der Waals surface area contributed by atoms with E-state index in [1.807, 2.05) is 45.0 Å². The minimum Gasteiger partial charge on any atom is -0.444 e. The highest BCUT2D eigenvalue weighted by molar-refractivity contribution is 5.69. The summed E-state index contributed by atoms with van der Waals surface area (Å²) in [6, 6.07) is 18.6. The Labute approximate surface area is 242 Å². The van der Waals surface area contributed by atoms with Gasteiger partial charge in [0, 0.05) is 31.7 Å². The van der Waals surface area contributed by atoms with Crippen molar-refractivity contribution in [2.24, 2.45) is 0 Å². The van der Waals surface area contributed by atoms with Gasteiger partial charge < -0.3 is 14.7 Å². The number of carbonyl (C=O) groups excluding carboxylic acids is 1. The van der Waals surface area contributed by atoms with E-state index in [1.165, 1.54) is 12.1 Å². The summed E-state index contributed by atoms with van der Waals surface area (Å²) in [6.07, 6.45) is 0.0875. The molecule has 0 radical (unpaired) electrons. The van der Waals surface area contributed by atoms with Crippen LogP contribution in [0.4, 0.5) is 13.6 Å². The molecule has 3 atom stereocenters. The number of hydrogen-bond acceptors (Lipinski definition) is 4. The van der Waals surface area contributed by atoms with E-state index in [0.29, 0.717) is 31.6 Å². The molecule has 0 bridgehead atoms. The second kappa shape index (κ2) is 13.1. The number of ether oxygens (including phenoxy) is 1. The Hall–Kier alpha value is -3.29. The summed E-state index contributed by atoms with van der Waals surface area (Å²) in [6.45, 7) is 11.1. The predicted octanol–water partition coefficient (Wildman–Crippen LogP) is 6.96. The van der Waals surface area contributed by atoms with E-state index in [2.05, 4.69) is 43.0 Å². The van der Waals surface area contributed by atoms with E-state index in [9.17, 15) is 18.7 Å². The van der Waals surface area contributed by atoms with Gasteiger partial charge in [0.05, 0.1) is 12.1 Å². The van der Waals surface area contributed by atoms with Crippen molar-refractivity contribution >= 4 is 6.09 Å². The van der Waals surface area contributed by atoms with Gasteiger partial charge in [0.2, 0.25) is 0 Å². The number of carbonyl (C=O) groups is 1. The Morgan fingerprint density at radius 1 is 0.976 bits per heavy atom. The second-order valence-electron chi connectivity index (χ2n) is 12.2. The molecule has 220 valence electrons. The van der Waals surface area contributed by atoms with Gasteiger partial charge in [-0.05, 0) is 93.8 Å². The van der Waals surface area contributed by atoms with Crippen LogP contribution in [0, 0.1) is 25.5 Å². The number of aliphatic hydroxyl groups excluding tert-OH is 1. The fourth-order valence-electron chi connectivity index (χ4n) is 5.69. The quantitative estimate of drug-likeness (QED) is 0.305. The van der Waals surface area contributed by atoms with Crippen LogP contribution in [0.1, 0.15) is 61.4 Å². The fourth-order valence-corrected chi connectivity index (χ4v) is 5.69. The van der Waals surface area contributed by atoms with Crippen molar-refractivity contribution < 1.29 is 23.4 Å². The smallest absolute Gasteiger partial charge is 0.410 e. The fraction of sp³-hybridized carbons (Fsp3) is 0.441. The highest BCUT2D eigenvalue weighted by Crippen LogP contribution is 2.30. The van der Waals surface area contributed by atoms with Crippen LogP contribution < -0.4 is 0 Å². The van der Waals surface area contributed by atoms with Gasteiger partial charge in [-0.15, -0.1) is 0 Å². The molecule has 1 fully saturated rings. The molecule has 3 aromatic rings. The summed E-state index contributed by atoms with van der Waals surface area (Å²) in [5, 5.41) is 12.1. The van der Waals surface area contributed by atoms with E-state index in [1.54, 1.807) is 4.90 Å². The lowest BCUT2D eigenvalue weighted by Crippen LogP contribution is -2.54. The van der Waals surface area contributed by atoms with Gasteiger partial charge >= 0.3 is 6.09 Å². The molecule has 0 aliphatic carbocycles. The minimum absolute atomic E-state index is 0.201. The van der Waals surface area contributed by atoms with Gasteiger partial charge in [-0.1, -0.05) is 48.5 Å². The number of likely N-dealkylation sites (tertiary alicyclic amines) is 1. The molecule has 1 amide bonds. The molecular formula is C34H42F2N2O3. The van der Waals surface area contributed by atoms with E-state index in [-0.39, 0.29) is 6.42 Å². The van der Waals surface area contributed by atoms with Gasteiger partial charge in [-0.3, -0.25) is 4.90 Å². The van der Waals surface area contributed by atoms with Crippen molar-refractivity contribution in [2.45, 2.75) is 90.8 Å². The summed E-state index contributed by atoms with van der Waals surface area (Å²) in [5.41, 5.74) is 4.20. The third-order valence-electron chi connectivity index (χ3n) is 7.82. The van der Waals surface area contributed by atoms with Gasteiger partial charge in [0.15, 0.2) is 0 Å². The predicted molar refractivity (Wildman–Crippen MR) is 157 cm³/mol. The zero-order valence-electron chi connectivity index (χ0n) is 24.7. The van der Waals surface area contributed by atoms with Gasteiger partial charge in [-0.2, -0.15) is 0 Å². The molecule has 1 aliphatic heterocycles. The van der Waals surface area contributed by atoms with Crippen LogP contribution in [0.3, 0.4) is 0 Å². The first-order valence-corrected chi connectivity index (χ1v) is 14.4. The number of halogens is 2. The number of aryl methyl sites for hydroxylation is 2. The summed E-state index contributed by atoms with van der Waals surface area (Å²) in [5.74, 6) is -1.32. The summed E-state index contributed by atoms with van der Waals surface area (Å²) < 4.78 is 34.3. The minimum atomic E-state index is -0.996. The van der Waals surface area contributed by atoms with Gasteiger partial charge in [0.1, 0.15) is 17.2 Å². The summed E-state index contributed by atoms with van der Waals surface area (Å²) in [7, 11) is 0. The first kappa shape index (κ1) is 30.7. The molecule has 3 unspecified atom stereocenters. The van der Waals surface area contributed by atoms with Crippen molar-refractivity contribution in [3.63, 3.8) is 0 Å². The Morgan fingerprint density at radius 2 is 1.51 bits per heavy atom. The highest BCUT2D eigenvalue weighted by atomic mass is 19.1. The van der Waals surface area contributed by atoms with E-state index in [0.717, 1.165) is 34.7 Å². The first-order valence-electron chi connectivity index (χ1n) is 14.4. The van der Waals surface area contributed by atoms with E-state index in [4.69, 9.17) is 4.74 Å². The van der Waals surface area contributed by atoms with E-state index >= 15 is 0 Å². The maximum absolute atomic E-state index is 14.3. The Kier molecular flexibility index (Phi) is 9.82. The standard InChI is InChI=1S/C34H42F2N2O3/c1-23-11-6-8-13-26(23)21-37(22-27-14-9-7-12-24(27)2)31(19-25-17-28(35)20-29(36)18-25)32(39)30-15-10-16-38(30)33(40)41-34(3,4)5/h6-9,11-14,17-18,20,30-32,39H,10,15-16,19,21-22H2,1-5H3. The van der Waals surface area contributed by atoms with Crippen molar-refractivity contribution in [1.29, 1.82) is 0 Å². The van der Waals surface area contributed by atoms with Crippen LogP contribution in [-0.4, -0.2) is 51.3 Å². The molecule has 4 rings (SSSR count). The summed E-state index contributed by atoms with van der Waals surface area (Å²) in [4.78, 5) is 17.0. The van der Waals surface area contributed by atoms with Crippen LogP contribution in [-0.2, 0) is 24.2 Å². The third kappa shape index (κ3) is 8.14. The lowest BCUT2D eigenvalue weighted by molar-refractivity contribution is -0.0250. The Balaban J connectivity index is 1.76. The maximum Gasteiger partial charge on any atom is 0.410 e. The average molecular weight is 565 g/mol. The van der Waals surface area contributed by atoms with Crippen LogP contribution in [0.15, 0.2) is 66.7 Å². The summed E-state index contributed by atoms with van der Waals surface area (Å²) >= 11 is 0. The Morgan fingerprint density at radius 3 is 2.02 bits per heavy atom. The largest absolute Gasteiger partial charge is 0.444 e. The molecular weight excluding hydrogens is 522 g/mol. The van der Waals surface area contributed by atoms with Crippen LogP contribution >= 0.6 is 0 Å². The molecule has 0 saturated carbocycles. The molecule has 1 heterocycles. The zero-order valence-corrected chi connectivity index (χ0v) is 24.7. The van der Waals surface area contributed by atoms with Gasteiger partial charge in [0.25, 0.3) is 0 Å². The molecule has 41 heavy (non-hydrogen) atoms. The first-order chi connectivity index (χ1) is 19.4. The van der Waals surface area contributed by atoms with Crippen molar-refractivity contribution in [2.75, 3.05) is 6.54 Å². The maximum atomic E-state index is 14.3. The second-order valence-corrected chi connectivity index (χ2v) is 12.2. The lowest BCUT2D eigenvalue weighted by atomic mass is 9.92. The normalized spacial score (nSPS) is 17.1. The van der Waals surface area contributed by atoms with Crippen LogP contribution in [0.25, 0.3) is 0 Å². The number of benzene rings is 3. The van der Waals surface area contributed by atoms with Gasteiger partial charge in [-0.25, -0.2) is 13.6 Å². The SMILES string of the molecule is Cc1ccccc1CN(Cc1ccccc1C)C(Cc1cc(F)cc(F)c1)C(O)C1CCCN1C(=O)OC(C)(C)C. The van der Waals surface area contributed by atoms with Crippen LogP contribution in [0.5, 0.6) is 0 Å². The monoisotopic (exact) mass is 564 g/mol. The number of rotatable bonds is 9. The molecule has 1 aliphatic rings. The van der Waals surface area contributed by atoms with Crippen molar-refractivity contribution in [3.8, 4) is 0 Å². The van der Waals surface area contributed by atoms with Crippen molar-refractivity contribution in [3.05, 3.63) is 106 Å². The molecule has 5 nitrogen and oxygen atoms in total. The number of nitrogens with zero attached hydrogens (tertiary/aromatic N) is 2. The lowest BCUT2D eigenvalue weighted by Gasteiger charge is -2.40. The molecule has 0 aromatic heterocycles. The average Bonchev–Trinajstić information content (AvgIpc) is 3.38. The number of aliphatic hydroxyl groups is 1. The molecule has 1 N–H and O–H groups in total. The third-order valence-corrected chi connectivity index (χ3v) is 7.82. The molecule has 3 aromatic carbocycles. The van der Waals surface area contributed by atoms with Crippen LogP contribution in [0.2, 0.25) is 0 Å². The van der Waals surface area contributed by atoms with E-state index < -0.39 is 41.5 Å². The molecule has 1 saturated heterocycles. The zero-order chi connectivity index (χ0) is 29.7. The molecule has 0 spiro atoms. The Bertz CT molecular complexity index is 1270. The number of hydrogen-bond donors (Lipinski definition) is 1. The van der Waals surface area contributed by atoms with Crippen molar-refractivity contribution in [1.82, 2.24) is 9.80 Å².